The second-order valence-electron chi connectivity index (χ2n) is 19.5. The summed E-state index contributed by atoms with van der Waals surface area (Å²) < 4.78 is 7.51. The molecule has 0 saturated carbocycles. The molecule has 0 bridgehead atoms. The minimum atomic E-state index is -0.597. The number of benzene rings is 2. The van der Waals surface area contributed by atoms with E-state index in [4.69, 9.17) is 9.72 Å². The van der Waals surface area contributed by atoms with Crippen LogP contribution in [-0.4, -0.2) is 123 Å². The van der Waals surface area contributed by atoms with E-state index in [2.05, 4.69) is 79.0 Å². The number of carbonyl (C=O) groups excluding carboxylic acids is 4. The molecule has 352 valence electrons. The molecule has 0 radical (unpaired) electrons. The van der Waals surface area contributed by atoms with E-state index in [1.165, 1.54) is 11.1 Å². The van der Waals surface area contributed by atoms with E-state index in [1.807, 2.05) is 37.4 Å². The molecule has 15 nitrogen and oxygen atoms in total. The fourth-order valence-corrected chi connectivity index (χ4v) is 11.4. The zero-order chi connectivity index (χ0) is 46.8. The largest absolute Gasteiger partial charge is 0.492 e. The first-order chi connectivity index (χ1) is 33.1. The zero-order valence-corrected chi connectivity index (χ0v) is 38.9. The average molecular weight is 917 g/mol. The van der Waals surface area contributed by atoms with Gasteiger partial charge >= 0.3 is 0 Å². The number of hydrogen-bond donors (Lipinski definition) is 2. The predicted molar refractivity (Wildman–Crippen MR) is 257 cm³/mol. The van der Waals surface area contributed by atoms with Gasteiger partial charge in [-0.15, -0.1) is 0 Å². The molecule has 2 N–H and O–H groups in total. The van der Waals surface area contributed by atoms with Crippen LogP contribution < -0.4 is 20.3 Å². The fourth-order valence-electron chi connectivity index (χ4n) is 11.4. The van der Waals surface area contributed by atoms with Gasteiger partial charge in [-0.2, -0.15) is 10.4 Å². The molecule has 8 heterocycles. The average Bonchev–Trinajstić information content (AvgIpc) is 3.92. The third-order valence-corrected chi connectivity index (χ3v) is 15.1. The Morgan fingerprint density at radius 3 is 2.40 bits per heavy atom. The number of ether oxygens (including phenoxy) is 1. The van der Waals surface area contributed by atoms with Gasteiger partial charge in [0.2, 0.25) is 17.7 Å². The molecule has 2 aromatic carbocycles. The lowest BCUT2D eigenvalue weighted by molar-refractivity contribution is -0.137. The van der Waals surface area contributed by atoms with E-state index in [9.17, 15) is 24.4 Å². The van der Waals surface area contributed by atoms with Crippen LogP contribution >= 0.6 is 0 Å². The van der Waals surface area contributed by atoms with Gasteiger partial charge < -0.3 is 24.8 Å². The number of pyridine rings is 2. The normalized spacial score (nSPS) is 20.6. The third-order valence-electron chi connectivity index (χ3n) is 15.1. The van der Waals surface area contributed by atoms with Crippen molar-refractivity contribution in [2.24, 2.45) is 5.92 Å². The second kappa shape index (κ2) is 19.5. The molecule has 15 heteroatoms. The number of nitrogens with one attached hydrogen (secondary N) is 2. The number of amides is 4. The summed E-state index contributed by atoms with van der Waals surface area (Å²) in [6.45, 7) is 9.71. The summed E-state index contributed by atoms with van der Waals surface area (Å²) in [6, 6.07) is 24.4. The summed E-state index contributed by atoms with van der Waals surface area (Å²) >= 11 is 0. The summed E-state index contributed by atoms with van der Waals surface area (Å²) in [4.78, 5) is 65.4. The van der Waals surface area contributed by atoms with E-state index in [1.54, 1.807) is 21.8 Å². The van der Waals surface area contributed by atoms with Gasteiger partial charge in [0.05, 0.1) is 36.6 Å². The standard InChI is InChI=1S/C53H60N10O5/c1-2-68-43-27-44(50-42(29-54)31-56-63(50)34-43)40-10-12-47(55-30-40)61-24-18-53(19-25-61,28-36-6-4-3-5-7-36)58-49(65)35-60-20-14-37(15-21-60)32-59-22-16-38(17-23-59)39-8-9-41-33-62(52(67)45(41)26-39)46-11-13-48(64)57-51(46)66/h3-10,12,26-27,30-31,34,37-38,46H,2,11,13-25,28,32-33,35H2,1H3,(H,58,65)(H,57,64,66). The van der Waals surface area contributed by atoms with Crippen molar-refractivity contribution in [2.75, 3.05) is 63.9 Å². The number of fused-ring (bicyclic) bond motifs is 2. The van der Waals surface area contributed by atoms with Crippen molar-refractivity contribution in [1.29, 1.82) is 5.26 Å². The van der Waals surface area contributed by atoms with Gasteiger partial charge in [0.15, 0.2) is 0 Å². The first-order valence-electron chi connectivity index (χ1n) is 24.5. The summed E-state index contributed by atoms with van der Waals surface area (Å²) in [5.41, 5.74) is 6.61. The summed E-state index contributed by atoms with van der Waals surface area (Å²) in [6.07, 6.45) is 12.4. The smallest absolute Gasteiger partial charge is 0.255 e. The molecular formula is C53H60N10O5. The number of rotatable bonds is 13. The van der Waals surface area contributed by atoms with Crippen LogP contribution in [0.3, 0.4) is 0 Å². The molecule has 4 amide bonds. The molecule has 68 heavy (non-hydrogen) atoms. The molecule has 0 spiro atoms. The van der Waals surface area contributed by atoms with E-state index in [0.29, 0.717) is 54.8 Å². The number of nitriles is 1. The zero-order valence-electron chi connectivity index (χ0n) is 38.9. The van der Waals surface area contributed by atoms with Crippen LogP contribution in [0.1, 0.15) is 96.8 Å². The van der Waals surface area contributed by atoms with E-state index < -0.39 is 6.04 Å². The lowest BCUT2D eigenvalue weighted by Gasteiger charge is -2.43. The van der Waals surface area contributed by atoms with E-state index >= 15 is 0 Å². The van der Waals surface area contributed by atoms with Crippen molar-refractivity contribution >= 4 is 35.0 Å². The molecule has 4 fully saturated rings. The number of aromatic nitrogens is 3. The molecule has 10 rings (SSSR count). The number of nitrogens with zero attached hydrogens (tertiary/aromatic N) is 8. The van der Waals surface area contributed by atoms with Crippen LogP contribution in [0.15, 0.2) is 85.3 Å². The monoisotopic (exact) mass is 916 g/mol. The number of likely N-dealkylation sites (tertiary alicyclic amines) is 2. The maximum Gasteiger partial charge on any atom is 0.255 e. The fraction of sp³-hybridized carbons (Fsp3) is 0.453. The third kappa shape index (κ3) is 9.57. The van der Waals surface area contributed by atoms with Gasteiger partial charge in [0.25, 0.3) is 5.91 Å². The first-order valence-corrected chi connectivity index (χ1v) is 24.5. The Kier molecular flexibility index (Phi) is 13.0. The number of hydrogen-bond acceptors (Lipinski definition) is 11. The molecule has 5 aliphatic heterocycles. The molecule has 5 aliphatic rings. The van der Waals surface area contributed by atoms with Crippen LogP contribution in [0, 0.1) is 17.2 Å². The summed E-state index contributed by atoms with van der Waals surface area (Å²) in [5.74, 6) is 1.86. The highest BCUT2D eigenvalue weighted by molar-refractivity contribution is 6.05. The Morgan fingerprint density at radius 1 is 0.897 bits per heavy atom. The van der Waals surface area contributed by atoms with Gasteiger partial charge in [-0.25, -0.2) is 9.50 Å². The molecular weight excluding hydrogens is 857 g/mol. The van der Waals surface area contributed by atoms with Gasteiger partial charge in [0.1, 0.15) is 23.7 Å². The summed E-state index contributed by atoms with van der Waals surface area (Å²) in [7, 11) is 0. The molecule has 1 unspecified atom stereocenters. The van der Waals surface area contributed by atoms with Crippen molar-refractivity contribution in [2.45, 2.75) is 88.8 Å². The van der Waals surface area contributed by atoms with E-state index in [0.717, 1.165) is 119 Å². The molecule has 0 aliphatic carbocycles. The first kappa shape index (κ1) is 45.2. The van der Waals surface area contributed by atoms with Crippen molar-refractivity contribution in [3.63, 3.8) is 0 Å². The predicted octanol–water partition coefficient (Wildman–Crippen LogP) is 5.72. The highest BCUT2D eigenvalue weighted by Gasteiger charge is 2.40. The van der Waals surface area contributed by atoms with Crippen LogP contribution in [-0.2, 0) is 27.3 Å². The van der Waals surface area contributed by atoms with Crippen LogP contribution in [0.2, 0.25) is 0 Å². The quantitative estimate of drug-likeness (QED) is 0.139. The van der Waals surface area contributed by atoms with Crippen LogP contribution in [0.4, 0.5) is 5.82 Å². The Hall–Kier alpha value is -6.63. The lowest BCUT2D eigenvalue weighted by Crippen LogP contribution is -2.58. The number of carbonyl (C=O) groups is 4. The highest BCUT2D eigenvalue weighted by atomic mass is 16.5. The van der Waals surface area contributed by atoms with Crippen LogP contribution in [0.5, 0.6) is 5.75 Å². The van der Waals surface area contributed by atoms with Gasteiger partial charge in [-0.05, 0) is 137 Å². The second-order valence-corrected chi connectivity index (χ2v) is 19.5. The topological polar surface area (TPSA) is 169 Å². The van der Waals surface area contributed by atoms with E-state index in [-0.39, 0.29) is 35.6 Å². The van der Waals surface area contributed by atoms with Gasteiger partial charge in [-0.1, -0.05) is 42.5 Å². The minimum Gasteiger partial charge on any atom is -0.492 e. The van der Waals surface area contributed by atoms with Crippen molar-refractivity contribution in [1.82, 2.24) is 39.9 Å². The molecule has 3 aromatic heterocycles. The minimum absolute atomic E-state index is 0.0894. The van der Waals surface area contributed by atoms with Crippen molar-refractivity contribution < 1.29 is 23.9 Å². The summed E-state index contributed by atoms with van der Waals surface area (Å²) in [5, 5.41) is 20.2. The van der Waals surface area contributed by atoms with Gasteiger partial charge in [-0.3, -0.25) is 29.4 Å². The lowest BCUT2D eigenvalue weighted by atomic mass is 9.81. The molecule has 4 saturated heterocycles. The van der Waals surface area contributed by atoms with Crippen molar-refractivity contribution in [3.05, 3.63) is 113 Å². The number of anilines is 1. The molecule has 1 atom stereocenters. The van der Waals surface area contributed by atoms with Crippen molar-refractivity contribution in [3.8, 4) is 22.9 Å². The maximum absolute atomic E-state index is 14.0. The Labute approximate surface area is 397 Å². The SMILES string of the molecule is CCOc1cc(-c2ccc(N3CCC(Cc4ccccc4)(NC(=O)CN4CCC(CN5CCC(c6ccc7c(c6)C(=O)N(C6CCC(=O)NC6=O)C7)CC5)CC4)CC3)nc2)c2c(C#N)cnn2c1. The number of piperidine rings is 4. The molecule has 5 aromatic rings. The van der Waals surface area contributed by atoms with Gasteiger partial charge in [0, 0.05) is 61.0 Å². The Balaban J connectivity index is 0.703. The number of imide groups is 1. The maximum atomic E-state index is 14.0. The van der Waals surface area contributed by atoms with Crippen LogP contribution in [0.25, 0.3) is 16.6 Å². The highest BCUT2D eigenvalue weighted by Crippen LogP contribution is 2.36. The Morgan fingerprint density at radius 2 is 1.68 bits per heavy atom. The Bertz CT molecular complexity index is 2710.